The number of hydrogen-bond donors (Lipinski definition) is 2. The van der Waals surface area contributed by atoms with Crippen LogP contribution in [0.5, 0.6) is 0 Å². The third-order valence-electron chi connectivity index (χ3n) is 5.46. The number of piperidine rings is 1. The van der Waals surface area contributed by atoms with Crippen LogP contribution in [-0.2, 0) is 4.74 Å². The van der Waals surface area contributed by atoms with Crippen LogP contribution in [0.4, 0.5) is 11.4 Å². The van der Waals surface area contributed by atoms with Crippen molar-refractivity contribution in [1.82, 2.24) is 10.2 Å². The first-order valence-electron chi connectivity index (χ1n) is 8.96. The number of halogens is 2. The van der Waals surface area contributed by atoms with Crippen LogP contribution in [0.3, 0.4) is 0 Å². The highest BCUT2D eigenvalue weighted by atomic mass is 35.5. The number of amidine groups is 1. The van der Waals surface area contributed by atoms with Gasteiger partial charge in [0.2, 0.25) is 0 Å². The Morgan fingerprint density at radius 1 is 1.32 bits per heavy atom. The average Bonchev–Trinajstić information content (AvgIpc) is 3.11. The maximum Gasteiger partial charge on any atom is 0.128 e. The zero-order chi connectivity index (χ0) is 17.4. The lowest BCUT2D eigenvalue weighted by atomic mass is 9.84. The molecule has 25 heavy (non-hydrogen) atoms. The van der Waals surface area contributed by atoms with E-state index < -0.39 is 0 Å². The molecule has 1 atom stereocenters. The topological polar surface area (TPSA) is 48.9 Å². The highest BCUT2D eigenvalue weighted by Crippen LogP contribution is 2.41. The third kappa shape index (κ3) is 3.47. The fraction of sp³-hybridized carbons (Fsp3) is 0.611. The second kappa shape index (κ2) is 6.95. The molecule has 3 aliphatic rings. The van der Waals surface area contributed by atoms with Crippen molar-refractivity contribution in [2.75, 3.05) is 38.6 Å². The Morgan fingerprint density at radius 2 is 2.08 bits per heavy atom. The number of anilines is 1. The van der Waals surface area contributed by atoms with Gasteiger partial charge in [0.1, 0.15) is 5.84 Å². The summed E-state index contributed by atoms with van der Waals surface area (Å²) in [7, 11) is 2.16. The molecule has 2 saturated heterocycles. The second-order valence-electron chi connectivity index (χ2n) is 7.27. The van der Waals surface area contributed by atoms with Gasteiger partial charge in [-0.3, -0.25) is 0 Å². The van der Waals surface area contributed by atoms with Gasteiger partial charge in [0.15, 0.2) is 0 Å². The van der Waals surface area contributed by atoms with Crippen LogP contribution in [0.25, 0.3) is 0 Å². The summed E-state index contributed by atoms with van der Waals surface area (Å²) in [6.45, 7) is 3.73. The van der Waals surface area contributed by atoms with Gasteiger partial charge in [0.25, 0.3) is 0 Å². The van der Waals surface area contributed by atoms with E-state index in [2.05, 4.69) is 22.6 Å². The number of benzene rings is 1. The Balaban J connectivity index is 1.63. The maximum absolute atomic E-state index is 6.22. The molecule has 5 nitrogen and oxygen atoms in total. The highest BCUT2D eigenvalue weighted by molar-refractivity contribution is 6.42. The normalized spacial score (nSPS) is 25.4. The van der Waals surface area contributed by atoms with Crippen molar-refractivity contribution in [1.29, 1.82) is 0 Å². The standard InChI is InChI=1S/C18H24Cl2N4O/c1-24-6-4-18(5-7-24)17(21-11-12-3-2-8-25-12)22-15-9-13(19)14(20)10-16(15)23-18/h9-10,12,23H,2-8,11H2,1H3,(H,21,22). The van der Waals surface area contributed by atoms with Gasteiger partial charge in [0.05, 0.1) is 33.1 Å². The van der Waals surface area contributed by atoms with Crippen molar-refractivity contribution in [3.05, 3.63) is 22.2 Å². The molecule has 3 heterocycles. The largest absolute Gasteiger partial charge is 0.376 e. The van der Waals surface area contributed by atoms with Gasteiger partial charge in [-0.05, 0) is 44.9 Å². The number of fused-ring (bicyclic) bond motifs is 1. The molecule has 2 fully saturated rings. The molecule has 1 unspecified atom stereocenters. The molecule has 1 aromatic rings. The monoisotopic (exact) mass is 382 g/mol. The van der Waals surface area contributed by atoms with Gasteiger partial charge >= 0.3 is 0 Å². The average molecular weight is 383 g/mol. The smallest absolute Gasteiger partial charge is 0.128 e. The van der Waals surface area contributed by atoms with E-state index in [1.54, 1.807) is 0 Å². The Morgan fingerprint density at radius 3 is 2.80 bits per heavy atom. The molecule has 0 aliphatic carbocycles. The Labute approximate surface area is 158 Å². The summed E-state index contributed by atoms with van der Waals surface area (Å²) in [6, 6.07) is 3.72. The molecule has 0 aromatic heterocycles. The van der Waals surface area contributed by atoms with Crippen LogP contribution in [0.15, 0.2) is 17.1 Å². The lowest BCUT2D eigenvalue weighted by Gasteiger charge is -2.45. The molecular weight excluding hydrogens is 359 g/mol. The quantitative estimate of drug-likeness (QED) is 0.818. The number of nitrogens with one attached hydrogen (secondary N) is 2. The van der Waals surface area contributed by atoms with Gasteiger partial charge in [-0.15, -0.1) is 0 Å². The minimum atomic E-state index is -0.171. The van der Waals surface area contributed by atoms with Crippen molar-refractivity contribution in [3.63, 3.8) is 0 Å². The Kier molecular flexibility index (Phi) is 4.84. The van der Waals surface area contributed by atoms with Gasteiger partial charge < -0.3 is 20.3 Å². The number of likely N-dealkylation sites (tertiary alicyclic amines) is 1. The summed E-state index contributed by atoms with van der Waals surface area (Å²) >= 11 is 12.4. The minimum Gasteiger partial charge on any atom is -0.376 e. The van der Waals surface area contributed by atoms with Crippen LogP contribution in [-0.4, -0.2) is 55.7 Å². The van der Waals surface area contributed by atoms with Crippen LogP contribution >= 0.6 is 23.2 Å². The van der Waals surface area contributed by atoms with Crippen molar-refractivity contribution >= 4 is 40.4 Å². The van der Waals surface area contributed by atoms with E-state index in [1.165, 1.54) is 0 Å². The van der Waals surface area contributed by atoms with Crippen LogP contribution in [0.2, 0.25) is 10.0 Å². The molecule has 0 bridgehead atoms. The zero-order valence-electron chi connectivity index (χ0n) is 14.4. The van der Waals surface area contributed by atoms with E-state index in [-0.39, 0.29) is 11.6 Å². The van der Waals surface area contributed by atoms with E-state index in [9.17, 15) is 0 Å². The summed E-state index contributed by atoms with van der Waals surface area (Å²) < 4.78 is 5.76. The first-order chi connectivity index (χ1) is 12.1. The SMILES string of the molecule is CN1CCC2(CC1)Nc1cc(Cl)c(Cl)cc1N=C2NCC1CCCO1. The summed E-state index contributed by atoms with van der Waals surface area (Å²) in [5.41, 5.74) is 1.63. The molecule has 7 heteroatoms. The summed E-state index contributed by atoms with van der Waals surface area (Å²) in [5.74, 6) is 1.00. The number of aliphatic imine (C=N–C) groups is 1. The molecular formula is C18H24Cl2N4O. The molecule has 1 spiro atoms. The van der Waals surface area contributed by atoms with Gasteiger partial charge in [0, 0.05) is 26.2 Å². The molecule has 136 valence electrons. The first kappa shape index (κ1) is 17.4. The molecule has 1 aromatic carbocycles. The third-order valence-corrected chi connectivity index (χ3v) is 6.18. The second-order valence-corrected chi connectivity index (χ2v) is 8.08. The molecule has 0 saturated carbocycles. The predicted molar refractivity (Wildman–Crippen MR) is 104 cm³/mol. The fourth-order valence-electron chi connectivity index (χ4n) is 3.86. The summed E-state index contributed by atoms with van der Waals surface area (Å²) in [4.78, 5) is 7.29. The number of hydrogen-bond acceptors (Lipinski definition) is 5. The van der Waals surface area contributed by atoms with Gasteiger partial charge in [-0.25, -0.2) is 4.99 Å². The van der Waals surface area contributed by atoms with Crippen LogP contribution in [0, 0.1) is 0 Å². The highest BCUT2D eigenvalue weighted by Gasteiger charge is 2.41. The van der Waals surface area contributed by atoms with Crippen molar-refractivity contribution in [2.24, 2.45) is 4.99 Å². The van der Waals surface area contributed by atoms with Crippen molar-refractivity contribution in [3.8, 4) is 0 Å². The van der Waals surface area contributed by atoms with Gasteiger partial charge in [-0.2, -0.15) is 0 Å². The fourth-order valence-corrected chi connectivity index (χ4v) is 4.18. The number of ether oxygens (including phenoxy) is 1. The first-order valence-corrected chi connectivity index (χ1v) is 9.72. The van der Waals surface area contributed by atoms with Crippen LogP contribution < -0.4 is 10.6 Å². The summed E-state index contributed by atoms with van der Waals surface area (Å²) in [5, 5.41) is 8.39. The van der Waals surface area contributed by atoms with E-state index in [0.29, 0.717) is 10.0 Å². The predicted octanol–water partition coefficient (Wildman–Crippen LogP) is 3.68. The zero-order valence-corrected chi connectivity index (χ0v) is 16.0. The van der Waals surface area contributed by atoms with E-state index in [1.807, 2.05) is 12.1 Å². The maximum atomic E-state index is 6.22. The molecule has 4 rings (SSSR count). The van der Waals surface area contributed by atoms with Crippen molar-refractivity contribution in [2.45, 2.75) is 37.3 Å². The van der Waals surface area contributed by atoms with E-state index in [4.69, 9.17) is 32.9 Å². The molecule has 0 amide bonds. The van der Waals surface area contributed by atoms with Gasteiger partial charge in [-0.1, -0.05) is 23.2 Å². The summed E-state index contributed by atoms with van der Waals surface area (Å²) in [6.07, 6.45) is 4.54. The Bertz CT molecular complexity index is 680. The molecule has 3 aliphatic heterocycles. The van der Waals surface area contributed by atoms with E-state index in [0.717, 1.165) is 69.1 Å². The minimum absolute atomic E-state index is 0.171. The number of rotatable bonds is 2. The van der Waals surface area contributed by atoms with E-state index >= 15 is 0 Å². The molecule has 0 radical (unpaired) electrons. The number of nitrogens with zero attached hydrogens (tertiary/aromatic N) is 2. The van der Waals surface area contributed by atoms with Crippen LogP contribution in [0.1, 0.15) is 25.7 Å². The lowest BCUT2D eigenvalue weighted by molar-refractivity contribution is 0.113. The molecule has 2 N–H and O–H groups in total. The van der Waals surface area contributed by atoms with Crippen molar-refractivity contribution < 1.29 is 4.74 Å². The Hall–Kier alpha value is -1.01. The lowest BCUT2D eigenvalue weighted by Crippen LogP contribution is -2.59.